The number of thiazole rings is 1. The summed E-state index contributed by atoms with van der Waals surface area (Å²) in [6.45, 7) is 3.00. The van der Waals surface area contributed by atoms with Crippen molar-refractivity contribution in [3.8, 4) is 5.75 Å². The van der Waals surface area contributed by atoms with Crippen LogP contribution in [0.25, 0.3) is 0 Å². The summed E-state index contributed by atoms with van der Waals surface area (Å²) in [6, 6.07) is 8.65. The molecule has 2 heterocycles. The van der Waals surface area contributed by atoms with Crippen LogP contribution in [0.3, 0.4) is 0 Å². The van der Waals surface area contributed by atoms with E-state index >= 15 is 0 Å². The highest BCUT2D eigenvalue weighted by Gasteiger charge is 2.43. The van der Waals surface area contributed by atoms with Gasteiger partial charge in [0.1, 0.15) is 11.4 Å². The maximum atomic E-state index is 6.47. The van der Waals surface area contributed by atoms with Crippen LogP contribution in [0.4, 0.5) is 0 Å². The lowest BCUT2D eigenvalue weighted by Crippen LogP contribution is -2.47. The Kier molecular flexibility index (Phi) is 5.85. The molecule has 1 aromatic heterocycles. The Morgan fingerprint density at radius 3 is 2.89 bits per heavy atom. The molecule has 2 aliphatic rings. The van der Waals surface area contributed by atoms with Gasteiger partial charge in [0.15, 0.2) is 5.96 Å². The minimum Gasteiger partial charge on any atom is -0.487 e. The predicted molar refractivity (Wildman–Crippen MR) is 115 cm³/mol. The van der Waals surface area contributed by atoms with E-state index in [1.807, 2.05) is 13.2 Å². The molecule has 1 atom stereocenters. The van der Waals surface area contributed by atoms with Gasteiger partial charge in [-0.3, -0.25) is 4.99 Å². The maximum absolute atomic E-state index is 6.47. The molecule has 2 aromatic rings. The number of nitrogens with zero attached hydrogens (tertiary/aromatic N) is 2. The SMILES string of the molecule is CCc1cnc(CCNC(=NC)NC2CC3(CCCC3)Oc3ccccc32)s1. The maximum Gasteiger partial charge on any atom is 0.191 e. The number of para-hydroxylation sites is 1. The molecule has 2 N–H and O–H groups in total. The number of benzene rings is 1. The van der Waals surface area contributed by atoms with Gasteiger partial charge in [0.2, 0.25) is 0 Å². The van der Waals surface area contributed by atoms with Gasteiger partial charge in [-0.1, -0.05) is 25.1 Å². The molecular formula is C22H30N4OS. The third-order valence-corrected chi connectivity index (χ3v) is 7.03. The molecule has 1 aliphatic heterocycles. The number of fused-ring (bicyclic) bond motifs is 1. The zero-order chi connectivity index (χ0) is 19.4. The number of aryl methyl sites for hydroxylation is 1. The third kappa shape index (κ3) is 4.17. The molecule has 1 saturated carbocycles. The molecule has 150 valence electrons. The first-order valence-electron chi connectivity index (χ1n) is 10.4. The second-order valence-corrected chi connectivity index (χ2v) is 8.95. The van der Waals surface area contributed by atoms with Crippen LogP contribution in [0.2, 0.25) is 0 Å². The van der Waals surface area contributed by atoms with Gasteiger partial charge in [-0.15, -0.1) is 11.3 Å². The van der Waals surface area contributed by atoms with Crippen molar-refractivity contribution in [1.29, 1.82) is 0 Å². The van der Waals surface area contributed by atoms with Crippen molar-refractivity contribution in [3.63, 3.8) is 0 Å². The van der Waals surface area contributed by atoms with Gasteiger partial charge in [0.05, 0.1) is 11.0 Å². The predicted octanol–water partition coefficient (Wildman–Crippen LogP) is 4.25. The highest BCUT2D eigenvalue weighted by molar-refractivity contribution is 7.11. The van der Waals surface area contributed by atoms with Gasteiger partial charge in [0.25, 0.3) is 0 Å². The molecule has 0 saturated heterocycles. The number of hydrogen-bond donors (Lipinski definition) is 2. The Hall–Kier alpha value is -2.08. The summed E-state index contributed by atoms with van der Waals surface area (Å²) in [5, 5.41) is 8.31. The Morgan fingerprint density at radius 2 is 2.14 bits per heavy atom. The van der Waals surface area contributed by atoms with Crippen molar-refractivity contribution < 1.29 is 4.74 Å². The number of rotatable bonds is 5. The van der Waals surface area contributed by atoms with Gasteiger partial charge >= 0.3 is 0 Å². The van der Waals surface area contributed by atoms with Gasteiger partial charge in [-0.05, 0) is 38.2 Å². The largest absolute Gasteiger partial charge is 0.487 e. The monoisotopic (exact) mass is 398 g/mol. The number of guanidine groups is 1. The van der Waals surface area contributed by atoms with Crippen molar-refractivity contribution >= 4 is 17.3 Å². The van der Waals surface area contributed by atoms with Crippen LogP contribution >= 0.6 is 11.3 Å². The van der Waals surface area contributed by atoms with Crippen LogP contribution in [0.1, 0.15) is 60.5 Å². The Bertz CT molecular complexity index is 825. The zero-order valence-corrected chi connectivity index (χ0v) is 17.6. The van der Waals surface area contributed by atoms with Gasteiger partial charge in [-0.25, -0.2) is 4.98 Å². The van der Waals surface area contributed by atoms with E-state index in [0.717, 1.165) is 50.4 Å². The number of ether oxygens (including phenoxy) is 1. The first-order chi connectivity index (χ1) is 13.7. The fourth-order valence-corrected chi connectivity index (χ4v) is 5.21. The molecule has 5 nitrogen and oxygen atoms in total. The molecule has 6 heteroatoms. The number of nitrogens with one attached hydrogen (secondary N) is 2. The zero-order valence-electron chi connectivity index (χ0n) is 16.8. The Balaban J connectivity index is 1.40. The van der Waals surface area contributed by atoms with Crippen LogP contribution in [0, 0.1) is 0 Å². The van der Waals surface area contributed by atoms with E-state index in [9.17, 15) is 0 Å². The number of hydrogen-bond acceptors (Lipinski definition) is 4. The molecule has 1 aromatic carbocycles. The fraction of sp³-hybridized carbons (Fsp3) is 0.545. The molecule has 1 fully saturated rings. The molecule has 0 amide bonds. The normalized spacial score (nSPS) is 20.6. The summed E-state index contributed by atoms with van der Waals surface area (Å²) in [6.07, 6.45) is 9.78. The highest BCUT2D eigenvalue weighted by Crippen LogP contribution is 2.46. The van der Waals surface area contributed by atoms with Gasteiger partial charge < -0.3 is 15.4 Å². The summed E-state index contributed by atoms with van der Waals surface area (Å²) in [5.74, 6) is 1.88. The van der Waals surface area contributed by atoms with Gasteiger partial charge in [0, 0.05) is 43.1 Å². The topological polar surface area (TPSA) is 58.5 Å². The number of aliphatic imine (C=N–C) groups is 1. The lowest BCUT2D eigenvalue weighted by atomic mass is 9.86. The van der Waals surface area contributed by atoms with E-state index in [4.69, 9.17) is 4.74 Å². The third-order valence-electron chi connectivity index (χ3n) is 5.83. The average Bonchev–Trinajstić information content (AvgIpc) is 3.36. The summed E-state index contributed by atoms with van der Waals surface area (Å²) >= 11 is 1.80. The van der Waals surface area contributed by atoms with E-state index < -0.39 is 0 Å². The summed E-state index contributed by atoms with van der Waals surface area (Å²) in [7, 11) is 1.84. The smallest absolute Gasteiger partial charge is 0.191 e. The average molecular weight is 399 g/mol. The molecule has 1 unspecified atom stereocenters. The Labute approximate surface area is 171 Å². The van der Waals surface area contributed by atoms with Crippen LogP contribution < -0.4 is 15.4 Å². The van der Waals surface area contributed by atoms with Crippen molar-refractivity contribution in [3.05, 3.63) is 45.9 Å². The van der Waals surface area contributed by atoms with E-state index in [1.54, 1.807) is 11.3 Å². The first kappa shape index (κ1) is 19.2. The fourth-order valence-electron chi connectivity index (χ4n) is 4.35. The molecule has 0 bridgehead atoms. The molecule has 0 radical (unpaired) electrons. The van der Waals surface area contributed by atoms with Crippen molar-refractivity contribution in [2.45, 2.75) is 63.5 Å². The van der Waals surface area contributed by atoms with Gasteiger partial charge in [-0.2, -0.15) is 0 Å². The lowest BCUT2D eigenvalue weighted by molar-refractivity contribution is 0.0396. The highest BCUT2D eigenvalue weighted by atomic mass is 32.1. The van der Waals surface area contributed by atoms with Crippen LogP contribution in [-0.4, -0.2) is 30.1 Å². The second kappa shape index (κ2) is 8.52. The van der Waals surface area contributed by atoms with E-state index in [2.05, 4.69) is 51.8 Å². The quantitative estimate of drug-likeness (QED) is 0.584. The van der Waals surface area contributed by atoms with Crippen LogP contribution in [0.15, 0.2) is 35.5 Å². The van der Waals surface area contributed by atoms with Crippen molar-refractivity contribution in [1.82, 2.24) is 15.6 Å². The lowest BCUT2D eigenvalue weighted by Gasteiger charge is -2.40. The van der Waals surface area contributed by atoms with Crippen molar-refractivity contribution in [2.75, 3.05) is 13.6 Å². The Morgan fingerprint density at radius 1 is 1.32 bits per heavy atom. The van der Waals surface area contributed by atoms with E-state index in [0.29, 0.717) is 0 Å². The van der Waals surface area contributed by atoms with Crippen LogP contribution in [0.5, 0.6) is 5.75 Å². The van der Waals surface area contributed by atoms with E-state index in [1.165, 1.54) is 28.3 Å². The molecule has 28 heavy (non-hydrogen) atoms. The summed E-state index contributed by atoms with van der Waals surface area (Å²) in [4.78, 5) is 10.3. The van der Waals surface area contributed by atoms with E-state index in [-0.39, 0.29) is 11.6 Å². The molecule has 4 rings (SSSR count). The molecule has 1 spiro atoms. The summed E-state index contributed by atoms with van der Waals surface area (Å²) < 4.78 is 6.47. The minimum absolute atomic E-state index is 0.0116. The molecular weight excluding hydrogens is 368 g/mol. The number of aromatic nitrogens is 1. The standard InChI is InChI=1S/C22H30N4OS/c1-3-16-15-25-20(28-16)10-13-24-21(23-2)26-18-14-22(11-6-7-12-22)27-19-9-5-4-8-17(18)19/h4-5,8-9,15,18H,3,6-7,10-14H2,1-2H3,(H2,23,24,26). The minimum atomic E-state index is -0.0116. The molecule has 1 aliphatic carbocycles. The summed E-state index contributed by atoms with van der Waals surface area (Å²) in [5.41, 5.74) is 1.22. The second-order valence-electron chi connectivity index (χ2n) is 7.75. The van der Waals surface area contributed by atoms with Crippen molar-refractivity contribution in [2.24, 2.45) is 4.99 Å². The van der Waals surface area contributed by atoms with Crippen LogP contribution in [-0.2, 0) is 12.8 Å². The first-order valence-corrected chi connectivity index (χ1v) is 11.2.